The van der Waals surface area contributed by atoms with Crippen molar-refractivity contribution in [2.75, 3.05) is 18.5 Å². The van der Waals surface area contributed by atoms with Crippen LogP contribution in [0.5, 0.6) is 5.75 Å². The molecule has 112 valence electrons. The van der Waals surface area contributed by atoms with Crippen LogP contribution in [0, 0.1) is 19.7 Å². The molecule has 0 saturated carbocycles. The third-order valence-electron chi connectivity index (χ3n) is 3.15. The number of hydrogen-bond donors (Lipinski definition) is 2. The van der Waals surface area contributed by atoms with Crippen molar-refractivity contribution in [3.8, 4) is 5.75 Å². The number of aliphatic hydroxyl groups is 1. The monoisotopic (exact) mass is 289 g/mol. The number of aliphatic hydroxyl groups excluding tert-OH is 1. The molecule has 0 aliphatic heterocycles. The van der Waals surface area contributed by atoms with E-state index in [-0.39, 0.29) is 12.4 Å². The molecule has 21 heavy (non-hydrogen) atoms. The molecule has 2 aromatic rings. The molecule has 0 aliphatic carbocycles. The van der Waals surface area contributed by atoms with Crippen molar-refractivity contribution in [1.82, 2.24) is 0 Å². The number of halogens is 1. The highest BCUT2D eigenvalue weighted by Gasteiger charge is 2.07. The molecule has 2 aromatic carbocycles. The molecule has 1 atom stereocenters. The Bertz CT molecular complexity index is 584. The van der Waals surface area contributed by atoms with Gasteiger partial charge in [0.15, 0.2) is 0 Å². The van der Waals surface area contributed by atoms with Crippen LogP contribution in [0.1, 0.15) is 11.1 Å². The second-order valence-corrected chi connectivity index (χ2v) is 5.12. The van der Waals surface area contributed by atoms with Crippen LogP contribution in [0.4, 0.5) is 10.1 Å². The van der Waals surface area contributed by atoms with Gasteiger partial charge in [0.2, 0.25) is 0 Å². The average molecular weight is 289 g/mol. The first-order valence-electron chi connectivity index (χ1n) is 6.92. The number of hydrogen-bond acceptors (Lipinski definition) is 3. The van der Waals surface area contributed by atoms with Gasteiger partial charge in [0.1, 0.15) is 24.3 Å². The summed E-state index contributed by atoms with van der Waals surface area (Å²) in [5.74, 6) is 0.501. The highest BCUT2D eigenvalue weighted by Crippen LogP contribution is 2.18. The van der Waals surface area contributed by atoms with Crippen molar-refractivity contribution in [2.24, 2.45) is 0 Å². The summed E-state index contributed by atoms with van der Waals surface area (Å²) in [4.78, 5) is 0. The predicted molar refractivity (Wildman–Crippen MR) is 82.3 cm³/mol. The van der Waals surface area contributed by atoms with E-state index in [1.54, 1.807) is 12.1 Å². The molecule has 0 spiro atoms. The number of benzene rings is 2. The van der Waals surface area contributed by atoms with E-state index < -0.39 is 6.10 Å². The highest BCUT2D eigenvalue weighted by molar-refractivity contribution is 5.42. The second-order valence-electron chi connectivity index (χ2n) is 5.12. The molecule has 0 saturated heterocycles. The molecular weight excluding hydrogens is 269 g/mol. The standard InChI is InChI=1S/C17H20FNO2/c1-12-3-8-17(13(2)9-12)21-11-16(20)10-19-15-6-4-14(18)5-7-15/h3-9,16,19-20H,10-11H2,1-2H3. The molecule has 2 rings (SSSR count). The molecule has 0 heterocycles. The Kier molecular flexibility index (Phi) is 5.17. The quantitative estimate of drug-likeness (QED) is 0.857. The van der Waals surface area contributed by atoms with Gasteiger partial charge < -0.3 is 15.2 Å². The van der Waals surface area contributed by atoms with Gasteiger partial charge in [-0.1, -0.05) is 17.7 Å². The van der Waals surface area contributed by atoms with Crippen LogP contribution in [-0.4, -0.2) is 24.4 Å². The summed E-state index contributed by atoms with van der Waals surface area (Å²) in [6, 6.07) is 11.9. The fourth-order valence-electron chi connectivity index (χ4n) is 2.01. The summed E-state index contributed by atoms with van der Waals surface area (Å²) < 4.78 is 18.4. The summed E-state index contributed by atoms with van der Waals surface area (Å²) >= 11 is 0. The van der Waals surface area contributed by atoms with Crippen LogP contribution in [0.3, 0.4) is 0 Å². The molecule has 0 fully saturated rings. The lowest BCUT2D eigenvalue weighted by atomic mass is 10.1. The van der Waals surface area contributed by atoms with Crippen LogP contribution < -0.4 is 10.1 Å². The van der Waals surface area contributed by atoms with E-state index in [4.69, 9.17) is 4.74 Å². The number of anilines is 1. The fraction of sp³-hybridized carbons (Fsp3) is 0.294. The number of aryl methyl sites for hydroxylation is 2. The molecule has 0 aromatic heterocycles. The van der Waals surface area contributed by atoms with Crippen LogP contribution in [-0.2, 0) is 0 Å². The molecule has 0 bridgehead atoms. The Balaban J connectivity index is 1.79. The first-order valence-corrected chi connectivity index (χ1v) is 6.92. The Morgan fingerprint density at radius 3 is 2.52 bits per heavy atom. The van der Waals surface area contributed by atoms with Crippen LogP contribution in [0.15, 0.2) is 42.5 Å². The largest absolute Gasteiger partial charge is 0.491 e. The second kappa shape index (κ2) is 7.09. The maximum absolute atomic E-state index is 12.8. The summed E-state index contributed by atoms with van der Waals surface area (Å²) in [5.41, 5.74) is 2.99. The zero-order chi connectivity index (χ0) is 15.2. The van der Waals surface area contributed by atoms with E-state index >= 15 is 0 Å². The predicted octanol–water partition coefficient (Wildman–Crippen LogP) is 3.29. The lowest BCUT2D eigenvalue weighted by Gasteiger charge is -2.15. The average Bonchev–Trinajstić information content (AvgIpc) is 2.46. The summed E-state index contributed by atoms with van der Waals surface area (Å²) in [5, 5.41) is 12.9. The molecular formula is C17H20FNO2. The van der Waals surface area contributed by atoms with Crippen molar-refractivity contribution < 1.29 is 14.2 Å². The smallest absolute Gasteiger partial charge is 0.123 e. The lowest BCUT2D eigenvalue weighted by Crippen LogP contribution is -2.26. The Labute approximate surface area is 124 Å². The highest BCUT2D eigenvalue weighted by atomic mass is 19.1. The number of rotatable bonds is 6. The minimum absolute atomic E-state index is 0.206. The van der Waals surface area contributed by atoms with Gasteiger partial charge in [-0.25, -0.2) is 4.39 Å². The van der Waals surface area contributed by atoms with E-state index in [2.05, 4.69) is 5.32 Å². The van der Waals surface area contributed by atoms with Gasteiger partial charge in [0.25, 0.3) is 0 Å². The lowest BCUT2D eigenvalue weighted by molar-refractivity contribution is 0.117. The van der Waals surface area contributed by atoms with Crippen molar-refractivity contribution in [1.29, 1.82) is 0 Å². The summed E-state index contributed by atoms with van der Waals surface area (Å²) in [6.45, 7) is 4.55. The van der Waals surface area contributed by atoms with Gasteiger partial charge >= 0.3 is 0 Å². The molecule has 0 amide bonds. The van der Waals surface area contributed by atoms with Crippen molar-refractivity contribution in [3.05, 3.63) is 59.4 Å². The SMILES string of the molecule is Cc1ccc(OCC(O)CNc2ccc(F)cc2)c(C)c1. The van der Waals surface area contributed by atoms with E-state index in [0.29, 0.717) is 6.54 Å². The van der Waals surface area contributed by atoms with Crippen LogP contribution >= 0.6 is 0 Å². The Morgan fingerprint density at radius 2 is 1.86 bits per heavy atom. The Hall–Kier alpha value is -2.07. The number of nitrogens with one attached hydrogen (secondary N) is 1. The first-order chi connectivity index (χ1) is 10.0. The van der Waals surface area contributed by atoms with Crippen LogP contribution in [0.25, 0.3) is 0 Å². The third-order valence-corrected chi connectivity index (χ3v) is 3.15. The maximum Gasteiger partial charge on any atom is 0.123 e. The zero-order valence-electron chi connectivity index (χ0n) is 12.3. The molecule has 3 nitrogen and oxygen atoms in total. The van der Waals surface area contributed by atoms with Crippen LogP contribution in [0.2, 0.25) is 0 Å². The normalized spacial score (nSPS) is 12.0. The third kappa shape index (κ3) is 4.76. The van der Waals surface area contributed by atoms with Crippen molar-refractivity contribution >= 4 is 5.69 Å². The minimum Gasteiger partial charge on any atom is -0.491 e. The molecule has 1 unspecified atom stereocenters. The summed E-state index contributed by atoms with van der Waals surface area (Å²) in [6.07, 6.45) is -0.643. The van der Waals surface area contributed by atoms with E-state index in [1.165, 1.54) is 17.7 Å². The number of ether oxygens (including phenoxy) is 1. The summed E-state index contributed by atoms with van der Waals surface area (Å²) in [7, 11) is 0. The van der Waals surface area contributed by atoms with Gasteiger partial charge in [-0.2, -0.15) is 0 Å². The van der Waals surface area contributed by atoms with Crippen molar-refractivity contribution in [3.63, 3.8) is 0 Å². The van der Waals surface area contributed by atoms with Gasteiger partial charge in [0.05, 0.1) is 0 Å². The van der Waals surface area contributed by atoms with Gasteiger partial charge in [0, 0.05) is 12.2 Å². The van der Waals surface area contributed by atoms with Gasteiger partial charge in [-0.05, 0) is 49.7 Å². The first kappa shape index (κ1) is 15.3. The van der Waals surface area contributed by atoms with Crippen molar-refractivity contribution in [2.45, 2.75) is 20.0 Å². The van der Waals surface area contributed by atoms with E-state index in [0.717, 1.165) is 17.0 Å². The molecule has 0 radical (unpaired) electrons. The van der Waals surface area contributed by atoms with E-state index in [9.17, 15) is 9.50 Å². The maximum atomic E-state index is 12.8. The molecule has 0 aliphatic rings. The topological polar surface area (TPSA) is 41.5 Å². The van der Waals surface area contributed by atoms with Gasteiger partial charge in [-0.3, -0.25) is 0 Å². The van der Waals surface area contributed by atoms with Gasteiger partial charge in [-0.15, -0.1) is 0 Å². The zero-order valence-corrected chi connectivity index (χ0v) is 12.3. The van der Waals surface area contributed by atoms with E-state index in [1.807, 2.05) is 32.0 Å². The minimum atomic E-state index is -0.643. The Morgan fingerprint density at radius 1 is 1.14 bits per heavy atom. The molecule has 2 N–H and O–H groups in total. The molecule has 4 heteroatoms. The fourth-order valence-corrected chi connectivity index (χ4v) is 2.01.